The Morgan fingerprint density at radius 1 is 0.771 bits per heavy atom. The monoisotopic (exact) mass is 520 g/mol. The summed E-state index contributed by atoms with van der Waals surface area (Å²) in [5.74, 6) is 0.209. The van der Waals surface area contributed by atoms with Gasteiger partial charge in [0.25, 0.3) is 0 Å². The molecule has 0 heterocycles. The first-order chi connectivity index (χ1) is 16.9. The molecule has 3 aromatic rings. The van der Waals surface area contributed by atoms with Gasteiger partial charge in [-0.25, -0.2) is 4.79 Å². The van der Waals surface area contributed by atoms with Crippen LogP contribution in [0, 0.1) is 0 Å². The highest BCUT2D eigenvalue weighted by atomic mass is 35.5. The van der Waals surface area contributed by atoms with Crippen LogP contribution in [0.15, 0.2) is 36.4 Å². The lowest BCUT2D eigenvalue weighted by molar-refractivity contribution is 0.0726. The highest BCUT2D eigenvalue weighted by Crippen LogP contribution is 2.52. The maximum atomic E-state index is 13.2. The van der Waals surface area contributed by atoms with Crippen molar-refractivity contribution in [2.45, 2.75) is 46.5 Å². The van der Waals surface area contributed by atoms with Crippen molar-refractivity contribution in [1.82, 2.24) is 0 Å². The van der Waals surface area contributed by atoms with Crippen molar-refractivity contribution in [3.8, 4) is 28.7 Å². The molecule has 0 saturated heterocycles. The summed E-state index contributed by atoms with van der Waals surface area (Å²) in [6.07, 6.45) is 3.47. The molecular weight excluding hydrogens is 491 g/mol. The van der Waals surface area contributed by atoms with E-state index < -0.39 is 5.97 Å². The van der Waals surface area contributed by atoms with Crippen LogP contribution in [-0.2, 0) is 0 Å². The van der Waals surface area contributed by atoms with Gasteiger partial charge in [-0.1, -0.05) is 49.9 Å². The van der Waals surface area contributed by atoms with Gasteiger partial charge in [-0.15, -0.1) is 0 Å². The van der Waals surface area contributed by atoms with Crippen LogP contribution < -0.4 is 18.9 Å². The molecule has 8 heteroatoms. The Bertz CT molecular complexity index is 1180. The van der Waals surface area contributed by atoms with E-state index in [1.807, 2.05) is 6.92 Å². The molecule has 6 nitrogen and oxygen atoms in total. The SMILES string of the molecule is CCCCOc1c(OCCCC)c(OC(=O)c2ccc(Cl)cc2O)c2cc(Cl)ccc2c1OCC. The smallest absolute Gasteiger partial charge is 0.347 e. The molecule has 3 rings (SSSR count). The molecule has 0 aliphatic carbocycles. The summed E-state index contributed by atoms with van der Waals surface area (Å²) >= 11 is 12.3. The lowest BCUT2D eigenvalue weighted by Crippen LogP contribution is -2.12. The zero-order chi connectivity index (χ0) is 25.4. The number of ether oxygens (including phenoxy) is 4. The van der Waals surface area contributed by atoms with Crippen molar-refractivity contribution in [1.29, 1.82) is 0 Å². The van der Waals surface area contributed by atoms with Crippen LogP contribution in [0.2, 0.25) is 10.0 Å². The van der Waals surface area contributed by atoms with Crippen LogP contribution in [0.25, 0.3) is 10.8 Å². The largest absolute Gasteiger partial charge is 0.507 e. The van der Waals surface area contributed by atoms with Crippen molar-refractivity contribution in [3.05, 3.63) is 52.0 Å². The Morgan fingerprint density at radius 2 is 1.37 bits per heavy atom. The first-order valence-corrected chi connectivity index (χ1v) is 12.5. The summed E-state index contributed by atoms with van der Waals surface area (Å²) in [6, 6.07) is 9.40. The molecule has 0 bridgehead atoms. The molecule has 0 aromatic heterocycles. The number of carbonyl (C=O) groups excluding carboxylic acids is 1. The molecule has 3 aromatic carbocycles. The summed E-state index contributed by atoms with van der Waals surface area (Å²) in [5.41, 5.74) is -0.0357. The van der Waals surface area contributed by atoms with Gasteiger partial charge in [0.1, 0.15) is 11.3 Å². The quantitative estimate of drug-likeness (QED) is 0.149. The third-order valence-electron chi connectivity index (χ3n) is 5.24. The van der Waals surface area contributed by atoms with Crippen molar-refractivity contribution in [2.24, 2.45) is 0 Å². The van der Waals surface area contributed by atoms with Gasteiger partial charge in [-0.3, -0.25) is 0 Å². The predicted octanol–water partition coefficient (Wildman–Crippen LogP) is 7.83. The molecule has 35 heavy (non-hydrogen) atoms. The fourth-order valence-electron chi connectivity index (χ4n) is 3.47. The van der Waals surface area contributed by atoms with Crippen molar-refractivity contribution in [3.63, 3.8) is 0 Å². The third-order valence-corrected chi connectivity index (χ3v) is 5.71. The van der Waals surface area contributed by atoms with Crippen LogP contribution in [0.1, 0.15) is 56.8 Å². The van der Waals surface area contributed by atoms with Gasteiger partial charge in [-0.2, -0.15) is 0 Å². The van der Waals surface area contributed by atoms with Gasteiger partial charge in [0.05, 0.1) is 19.8 Å². The van der Waals surface area contributed by atoms with Crippen LogP contribution >= 0.6 is 23.2 Å². The number of hydrogen-bond acceptors (Lipinski definition) is 6. The average molecular weight is 521 g/mol. The highest BCUT2D eigenvalue weighted by Gasteiger charge is 2.27. The minimum atomic E-state index is -0.774. The Labute approximate surface area is 215 Å². The number of phenols is 1. The number of esters is 1. The molecule has 188 valence electrons. The van der Waals surface area contributed by atoms with Gasteiger partial charge >= 0.3 is 5.97 Å². The van der Waals surface area contributed by atoms with E-state index in [0.29, 0.717) is 52.1 Å². The number of benzene rings is 3. The van der Waals surface area contributed by atoms with E-state index in [9.17, 15) is 9.90 Å². The number of fused-ring (bicyclic) bond motifs is 1. The molecule has 0 atom stereocenters. The molecule has 1 N–H and O–H groups in total. The first-order valence-electron chi connectivity index (χ1n) is 11.8. The van der Waals surface area contributed by atoms with E-state index in [2.05, 4.69) is 13.8 Å². The number of carbonyl (C=O) groups is 1. The number of halogens is 2. The van der Waals surface area contributed by atoms with E-state index in [1.54, 1.807) is 18.2 Å². The van der Waals surface area contributed by atoms with E-state index >= 15 is 0 Å². The second-order valence-electron chi connectivity index (χ2n) is 7.89. The maximum absolute atomic E-state index is 13.2. The summed E-state index contributed by atoms with van der Waals surface area (Å²) in [4.78, 5) is 13.2. The molecular formula is C27H30Cl2O6. The lowest BCUT2D eigenvalue weighted by atomic mass is 10.1. The minimum Gasteiger partial charge on any atom is -0.507 e. The van der Waals surface area contributed by atoms with Crippen molar-refractivity contribution < 1.29 is 28.8 Å². The lowest BCUT2D eigenvalue weighted by Gasteiger charge is -2.22. The maximum Gasteiger partial charge on any atom is 0.347 e. The summed E-state index contributed by atoms with van der Waals surface area (Å²) in [6.45, 7) is 7.22. The van der Waals surface area contributed by atoms with Gasteiger partial charge in [-0.05, 0) is 56.2 Å². The van der Waals surface area contributed by atoms with Crippen LogP contribution in [-0.4, -0.2) is 30.9 Å². The number of unbranched alkanes of at least 4 members (excludes halogenated alkanes) is 2. The molecule has 0 spiro atoms. The molecule has 0 fully saturated rings. The van der Waals surface area contributed by atoms with Gasteiger partial charge in [0.15, 0.2) is 11.5 Å². The van der Waals surface area contributed by atoms with Crippen LogP contribution in [0.5, 0.6) is 28.7 Å². The summed E-state index contributed by atoms with van der Waals surface area (Å²) in [5, 5.41) is 12.2. The second kappa shape index (κ2) is 12.8. The Balaban J connectivity index is 2.23. The zero-order valence-electron chi connectivity index (χ0n) is 20.2. The Morgan fingerprint density at radius 3 is 1.97 bits per heavy atom. The van der Waals surface area contributed by atoms with Gasteiger partial charge in [0, 0.05) is 20.8 Å². The molecule has 0 amide bonds. The predicted molar refractivity (Wildman–Crippen MR) is 139 cm³/mol. The van der Waals surface area contributed by atoms with Crippen LogP contribution in [0.3, 0.4) is 0 Å². The fraction of sp³-hybridized carbons (Fsp3) is 0.370. The standard InChI is InChI=1S/C27H30Cl2O6/c1-4-7-13-33-25-23(32-6-3)19-11-9-17(28)15-21(19)24(26(25)34-14-8-5-2)35-27(31)20-12-10-18(29)16-22(20)30/h9-12,15-16,30H,4-8,13-14H2,1-3H3. The Kier molecular flexibility index (Phi) is 9.75. The molecule has 0 aliphatic rings. The number of hydrogen-bond donors (Lipinski definition) is 1. The number of rotatable bonds is 12. The van der Waals surface area contributed by atoms with Crippen LogP contribution in [0.4, 0.5) is 0 Å². The van der Waals surface area contributed by atoms with Gasteiger partial charge < -0.3 is 24.1 Å². The van der Waals surface area contributed by atoms with Gasteiger partial charge in [0.2, 0.25) is 11.5 Å². The van der Waals surface area contributed by atoms with E-state index in [4.69, 9.17) is 42.1 Å². The molecule has 0 saturated carbocycles. The molecule has 0 aliphatic heterocycles. The number of aromatic hydroxyl groups is 1. The minimum absolute atomic E-state index is 0.0357. The van der Waals surface area contributed by atoms with Crippen molar-refractivity contribution >= 4 is 39.9 Å². The topological polar surface area (TPSA) is 74.2 Å². The highest BCUT2D eigenvalue weighted by molar-refractivity contribution is 6.31. The first kappa shape index (κ1) is 26.8. The third kappa shape index (κ3) is 6.44. The van der Waals surface area contributed by atoms with E-state index in [0.717, 1.165) is 25.7 Å². The fourth-order valence-corrected chi connectivity index (χ4v) is 3.81. The normalized spacial score (nSPS) is 10.9. The second-order valence-corrected chi connectivity index (χ2v) is 8.77. The number of phenolic OH excluding ortho intramolecular Hbond substituents is 1. The summed E-state index contributed by atoms with van der Waals surface area (Å²) in [7, 11) is 0. The van der Waals surface area contributed by atoms with Crippen molar-refractivity contribution in [2.75, 3.05) is 19.8 Å². The van der Waals surface area contributed by atoms with E-state index in [1.165, 1.54) is 18.2 Å². The average Bonchev–Trinajstić information content (AvgIpc) is 2.82. The summed E-state index contributed by atoms with van der Waals surface area (Å²) < 4.78 is 24.2. The van der Waals surface area contributed by atoms with E-state index in [-0.39, 0.29) is 22.8 Å². The zero-order valence-corrected chi connectivity index (χ0v) is 21.7. The Hall–Kier alpha value is -2.83. The molecule has 0 unspecified atom stereocenters. The molecule has 0 radical (unpaired) electrons.